The average Bonchev–Trinajstić information content (AvgIpc) is 2.56. The zero-order valence-electron chi connectivity index (χ0n) is 13.4. The lowest BCUT2D eigenvalue weighted by molar-refractivity contribution is 0.00578. The Balaban J connectivity index is 2.32. The van der Waals surface area contributed by atoms with Crippen LogP contribution in [-0.2, 0) is 9.31 Å². The van der Waals surface area contributed by atoms with Crippen molar-refractivity contribution in [3.8, 4) is 0 Å². The quantitative estimate of drug-likeness (QED) is 0.373. The van der Waals surface area contributed by atoms with Gasteiger partial charge >= 0.3 is 7.12 Å². The fourth-order valence-corrected chi connectivity index (χ4v) is 2.03. The number of nitrogens with two attached hydrogens (primary N) is 2. The molecule has 124 valence electrons. The number of halogens is 2. The summed E-state index contributed by atoms with van der Waals surface area (Å²) in [5.74, 6) is -1.85. The smallest absolute Gasteiger partial charge is 0.399 e. The van der Waals surface area contributed by atoms with Crippen LogP contribution in [0.15, 0.2) is 22.3 Å². The number of nitrogens with zero attached hydrogens (tertiary/aromatic N) is 2. The van der Waals surface area contributed by atoms with E-state index < -0.39 is 30.0 Å². The third-order valence-electron chi connectivity index (χ3n) is 3.97. The Kier molecular flexibility index (Phi) is 4.45. The molecule has 1 aromatic rings. The van der Waals surface area contributed by atoms with E-state index in [9.17, 15) is 8.78 Å². The van der Waals surface area contributed by atoms with Crippen LogP contribution in [0.2, 0.25) is 0 Å². The molecule has 1 aliphatic rings. The second kappa shape index (κ2) is 5.90. The molecule has 23 heavy (non-hydrogen) atoms. The maximum absolute atomic E-state index is 14.3. The molecule has 0 spiro atoms. The third-order valence-corrected chi connectivity index (χ3v) is 3.97. The Labute approximate surface area is 133 Å². The number of hydrogen-bond donors (Lipinski definition) is 2. The van der Waals surface area contributed by atoms with E-state index in [0.29, 0.717) is 0 Å². The standard InChI is InChI=1S/C14H19BF2N4O2/c1-13(2)14(3,4)23-15(22-13)11-9(16)5-8(6-10(11)17)7-20-21-12(18)19/h5-7H,1-4H3,(H4,18,19,21). The molecule has 0 aromatic heterocycles. The van der Waals surface area contributed by atoms with Gasteiger partial charge in [-0.05, 0) is 39.8 Å². The fraction of sp³-hybridized carbons (Fsp3) is 0.429. The van der Waals surface area contributed by atoms with E-state index in [4.69, 9.17) is 20.8 Å². The van der Waals surface area contributed by atoms with Crippen molar-refractivity contribution in [2.45, 2.75) is 38.9 Å². The highest BCUT2D eigenvalue weighted by molar-refractivity contribution is 6.62. The summed E-state index contributed by atoms with van der Waals surface area (Å²) in [6.07, 6.45) is 1.14. The molecule has 0 amide bonds. The summed E-state index contributed by atoms with van der Waals surface area (Å²) in [6.45, 7) is 7.22. The predicted octanol–water partition coefficient (Wildman–Crippen LogP) is 0.871. The van der Waals surface area contributed by atoms with Crippen LogP contribution in [-0.4, -0.2) is 30.5 Å². The average molecular weight is 324 g/mol. The third kappa shape index (κ3) is 3.51. The van der Waals surface area contributed by atoms with Crippen LogP contribution in [0.1, 0.15) is 33.3 Å². The van der Waals surface area contributed by atoms with E-state index in [0.717, 1.165) is 18.3 Å². The van der Waals surface area contributed by atoms with Crippen LogP contribution in [0.4, 0.5) is 8.78 Å². The van der Waals surface area contributed by atoms with E-state index in [1.807, 2.05) is 0 Å². The summed E-state index contributed by atoms with van der Waals surface area (Å²) in [4.78, 5) is 0. The second-order valence-electron chi connectivity index (χ2n) is 6.26. The normalized spacial score (nSPS) is 19.3. The molecular formula is C14H19BF2N4O2. The maximum atomic E-state index is 14.3. The molecule has 1 aromatic carbocycles. The molecule has 4 N–H and O–H groups in total. The van der Waals surface area contributed by atoms with Gasteiger partial charge in [0.15, 0.2) is 0 Å². The zero-order chi connectivity index (χ0) is 17.4. The summed E-state index contributed by atoms with van der Waals surface area (Å²) in [5, 5.41) is 6.88. The first kappa shape index (κ1) is 17.4. The molecule has 1 aliphatic heterocycles. The van der Waals surface area contributed by atoms with Gasteiger partial charge in [0.1, 0.15) is 11.6 Å². The van der Waals surface area contributed by atoms with Gasteiger partial charge in [-0.2, -0.15) is 5.10 Å². The van der Waals surface area contributed by atoms with Gasteiger partial charge in [-0.1, -0.05) is 0 Å². The summed E-state index contributed by atoms with van der Waals surface area (Å²) in [7, 11) is -1.12. The fourth-order valence-electron chi connectivity index (χ4n) is 2.03. The Hall–Kier alpha value is -2.00. The second-order valence-corrected chi connectivity index (χ2v) is 6.26. The van der Waals surface area contributed by atoms with Gasteiger partial charge < -0.3 is 20.8 Å². The number of rotatable bonds is 3. The largest absolute Gasteiger partial charge is 0.500 e. The molecule has 1 fully saturated rings. The molecule has 1 saturated heterocycles. The molecule has 0 saturated carbocycles. The SMILES string of the molecule is CC1(C)OB(c2c(F)cc(C=NN=C(N)N)cc2F)OC1(C)C. The molecule has 9 heteroatoms. The van der Waals surface area contributed by atoms with E-state index >= 15 is 0 Å². The summed E-state index contributed by atoms with van der Waals surface area (Å²) < 4.78 is 40.0. The summed E-state index contributed by atoms with van der Waals surface area (Å²) in [5.41, 5.74) is 8.73. The van der Waals surface area contributed by atoms with Gasteiger partial charge in [-0.25, -0.2) is 8.78 Å². The lowest BCUT2D eigenvalue weighted by atomic mass is 9.77. The molecule has 6 nitrogen and oxygen atoms in total. The van der Waals surface area contributed by atoms with E-state index in [1.54, 1.807) is 27.7 Å². The van der Waals surface area contributed by atoms with Crippen LogP contribution in [0.3, 0.4) is 0 Å². The summed E-state index contributed by atoms with van der Waals surface area (Å²) in [6, 6.07) is 2.21. The number of guanidine groups is 1. The van der Waals surface area contributed by atoms with E-state index in [1.165, 1.54) is 0 Å². The molecular weight excluding hydrogens is 305 g/mol. The minimum Gasteiger partial charge on any atom is -0.399 e. The molecule has 1 heterocycles. The van der Waals surface area contributed by atoms with Crippen molar-refractivity contribution in [3.05, 3.63) is 29.3 Å². The van der Waals surface area contributed by atoms with Gasteiger partial charge in [0.25, 0.3) is 0 Å². The Morgan fingerprint density at radius 3 is 2.00 bits per heavy atom. The van der Waals surface area contributed by atoms with Crippen LogP contribution in [0, 0.1) is 11.6 Å². The Bertz CT molecular complexity index is 634. The van der Waals surface area contributed by atoms with E-state index in [-0.39, 0.29) is 17.0 Å². The van der Waals surface area contributed by atoms with Gasteiger partial charge in [-0.3, -0.25) is 0 Å². The van der Waals surface area contributed by atoms with Crippen molar-refractivity contribution in [2.24, 2.45) is 21.7 Å². The van der Waals surface area contributed by atoms with Crippen molar-refractivity contribution >= 4 is 24.8 Å². The van der Waals surface area contributed by atoms with E-state index in [2.05, 4.69) is 10.2 Å². The Morgan fingerprint density at radius 2 is 1.57 bits per heavy atom. The zero-order valence-corrected chi connectivity index (χ0v) is 13.4. The highest BCUT2D eigenvalue weighted by atomic mass is 19.1. The minimum atomic E-state index is -1.12. The molecule has 0 atom stereocenters. The first-order chi connectivity index (χ1) is 10.5. The molecule has 0 bridgehead atoms. The minimum absolute atomic E-state index is 0.172. The van der Waals surface area contributed by atoms with Crippen molar-refractivity contribution < 1.29 is 18.1 Å². The topological polar surface area (TPSA) is 95.2 Å². The molecule has 0 radical (unpaired) electrons. The predicted molar refractivity (Wildman–Crippen MR) is 85.5 cm³/mol. The van der Waals surface area contributed by atoms with Gasteiger partial charge in [0.05, 0.1) is 22.9 Å². The highest BCUT2D eigenvalue weighted by Crippen LogP contribution is 2.36. The Morgan fingerprint density at radius 1 is 1.09 bits per heavy atom. The van der Waals surface area contributed by atoms with Crippen LogP contribution in [0.25, 0.3) is 0 Å². The monoisotopic (exact) mass is 324 g/mol. The van der Waals surface area contributed by atoms with Crippen LogP contribution in [0.5, 0.6) is 0 Å². The molecule has 2 rings (SSSR count). The van der Waals surface area contributed by atoms with Gasteiger partial charge in [0, 0.05) is 5.56 Å². The molecule has 0 unspecified atom stereocenters. The lowest BCUT2D eigenvalue weighted by Crippen LogP contribution is -2.41. The highest BCUT2D eigenvalue weighted by Gasteiger charge is 2.53. The first-order valence-corrected chi connectivity index (χ1v) is 7.00. The lowest BCUT2D eigenvalue weighted by Gasteiger charge is -2.32. The number of benzene rings is 1. The van der Waals surface area contributed by atoms with Crippen LogP contribution >= 0.6 is 0 Å². The van der Waals surface area contributed by atoms with Crippen LogP contribution < -0.4 is 16.9 Å². The van der Waals surface area contributed by atoms with Crippen molar-refractivity contribution in [1.82, 2.24) is 0 Å². The van der Waals surface area contributed by atoms with Crippen molar-refractivity contribution in [3.63, 3.8) is 0 Å². The maximum Gasteiger partial charge on any atom is 0.500 e. The summed E-state index contributed by atoms with van der Waals surface area (Å²) >= 11 is 0. The van der Waals surface area contributed by atoms with Gasteiger partial charge in [0.2, 0.25) is 5.96 Å². The van der Waals surface area contributed by atoms with Crippen molar-refractivity contribution in [2.75, 3.05) is 0 Å². The molecule has 0 aliphatic carbocycles. The first-order valence-electron chi connectivity index (χ1n) is 7.00. The van der Waals surface area contributed by atoms with Gasteiger partial charge in [-0.15, -0.1) is 5.10 Å². The van der Waals surface area contributed by atoms with Crippen molar-refractivity contribution in [1.29, 1.82) is 0 Å². The number of hydrogen-bond acceptors (Lipinski definition) is 4.